The maximum absolute atomic E-state index is 12.4. The first-order valence-electron chi connectivity index (χ1n) is 8.90. The van der Waals surface area contributed by atoms with Gasteiger partial charge in [0, 0.05) is 0 Å². The van der Waals surface area contributed by atoms with E-state index in [1.807, 2.05) is 32.0 Å². The molecule has 0 aliphatic rings. The topological polar surface area (TPSA) is 106 Å². The number of ether oxygens (including phenoxy) is 5. The zero-order chi connectivity index (χ0) is 21.4. The van der Waals surface area contributed by atoms with Crippen molar-refractivity contribution in [2.24, 2.45) is 5.73 Å². The Hall–Kier alpha value is -3.42. The van der Waals surface area contributed by atoms with Crippen LogP contribution in [0.4, 0.5) is 0 Å². The molecule has 156 valence electrons. The molecule has 2 N–H and O–H groups in total. The Morgan fingerprint density at radius 2 is 1.48 bits per heavy atom. The quantitative estimate of drug-likeness (QED) is 0.480. The second kappa shape index (κ2) is 10.2. The summed E-state index contributed by atoms with van der Waals surface area (Å²) in [6.45, 7) is 3.83. The first-order valence-corrected chi connectivity index (χ1v) is 8.90. The lowest BCUT2D eigenvalue weighted by Crippen LogP contribution is -2.20. The van der Waals surface area contributed by atoms with Crippen LogP contribution < -0.4 is 24.7 Å². The lowest BCUT2D eigenvalue weighted by molar-refractivity contribution is -0.120. The van der Waals surface area contributed by atoms with Gasteiger partial charge >= 0.3 is 5.97 Å². The van der Waals surface area contributed by atoms with Crippen molar-refractivity contribution in [3.8, 4) is 23.0 Å². The Morgan fingerprint density at radius 1 is 0.897 bits per heavy atom. The number of amides is 1. The predicted molar refractivity (Wildman–Crippen MR) is 106 cm³/mol. The van der Waals surface area contributed by atoms with Gasteiger partial charge in [-0.05, 0) is 37.1 Å². The van der Waals surface area contributed by atoms with E-state index in [4.69, 9.17) is 29.4 Å². The highest BCUT2D eigenvalue weighted by Crippen LogP contribution is 2.38. The minimum Gasteiger partial charge on any atom is -0.493 e. The first-order chi connectivity index (χ1) is 13.9. The van der Waals surface area contributed by atoms with Gasteiger partial charge in [-0.25, -0.2) is 4.79 Å². The van der Waals surface area contributed by atoms with Gasteiger partial charge in [-0.2, -0.15) is 0 Å². The molecular weight excluding hydrogens is 378 g/mol. The number of carbonyl (C=O) groups is 2. The molecule has 8 heteroatoms. The van der Waals surface area contributed by atoms with Crippen LogP contribution >= 0.6 is 0 Å². The van der Waals surface area contributed by atoms with E-state index >= 15 is 0 Å². The molecule has 29 heavy (non-hydrogen) atoms. The van der Waals surface area contributed by atoms with Crippen molar-refractivity contribution in [3.05, 3.63) is 47.0 Å². The van der Waals surface area contributed by atoms with Crippen molar-refractivity contribution in [2.75, 3.05) is 34.0 Å². The molecule has 0 aliphatic carbocycles. The number of methoxy groups -OCH3 is 2. The summed E-state index contributed by atoms with van der Waals surface area (Å²) >= 11 is 0. The summed E-state index contributed by atoms with van der Waals surface area (Å²) in [5, 5.41) is 0. The Morgan fingerprint density at radius 3 is 2.00 bits per heavy atom. The number of benzene rings is 2. The van der Waals surface area contributed by atoms with E-state index in [9.17, 15) is 9.59 Å². The number of nitrogens with two attached hydrogens (primary N) is 1. The van der Waals surface area contributed by atoms with E-state index in [1.165, 1.54) is 26.4 Å². The summed E-state index contributed by atoms with van der Waals surface area (Å²) < 4.78 is 26.8. The fourth-order valence-corrected chi connectivity index (χ4v) is 2.67. The number of aryl methyl sites for hydroxylation is 2. The van der Waals surface area contributed by atoms with E-state index in [2.05, 4.69) is 0 Å². The Bertz CT molecular complexity index is 834. The molecule has 0 spiro atoms. The minimum atomic E-state index is -0.651. The first kappa shape index (κ1) is 21.9. The van der Waals surface area contributed by atoms with Gasteiger partial charge in [0.05, 0.1) is 19.8 Å². The normalized spacial score (nSPS) is 10.2. The summed E-state index contributed by atoms with van der Waals surface area (Å²) in [6, 6.07) is 8.74. The van der Waals surface area contributed by atoms with Crippen LogP contribution in [0, 0.1) is 13.8 Å². The Balaban J connectivity index is 2.03. The third-order valence-corrected chi connectivity index (χ3v) is 4.03. The molecule has 0 fully saturated rings. The molecule has 0 saturated heterocycles. The molecule has 1 amide bonds. The molecule has 8 nitrogen and oxygen atoms in total. The van der Waals surface area contributed by atoms with E-state index in [1.54, 1.807) is 0 Å². The van der Waals surface area contributed by atoms with E-state index in [0.717, 1.165) is 16.9 Å². The van der Waals surface area contributed by atoms with Gasteiger partial charge in [-0.3, -0.25) is 4.79 Å². The SMILES string of the molecule is COc1cc(C(=O)OCCOc2c(C)cccc2C)cc(OC)c1OCC(N)=O. The lowest BCUT2D eigenvalue weighted by atomic mass is 10.1. The van der Waals surface area contributed by atoms with E-state index in [0.29, 0.717) is 0 Å². The average Bonchev–Trinajstić information content (AvgIpc) is 2.70. The highest BCUT2D eigenvalue weighted by Gasteiger charge is 2.19. The average molecular weight is 403 g/mol. The zero-order valence-electron chi connectivity index (χ0n) is 16.9. The monoisotopic (exact) mass is 403 g/mol. The molecule has 0 aliphatic heterocycles. The summed E-state index contributed by atoms with van der Waals surface area (Å²) in [4.78, 5) is 23.4. The highest BCUT2D eigenvalue weighted by molar-refractivity contribution is 5.91. The fourth-order valence-electron chi connectivity index (χ4n) is 2.67. The van der Waals surface area contributed by atoms with Crippen LogP contribution in [0.5, 0.6) is 23.0 Å². The third-order valence-electron chi connectivity index (χ3n) is 4.03. The van der Waals surface area contributed by atoms with E-state index < -0.39 is 11.9 Å². The van der Waals surface area contributed by atoms with Crippen LogP contribution in [-0.4, -0.2) is 45.9 Å². The molecule has 2 rings (SSSR count). The van der Waals surface area contributed by atoms with Crippen molar-refractivity contribution in [1.29, 1.82) is 0 Å². The fraction of sp³-hybridized carbons (Fsp3) is 0.333. The number of primary amides is 1. The smallest absolute Gasteiger partial charge is 0.338 e. The van der Waals surface area contributed by atoms with E-state index in [-0.39, 0.29) is 42.6 Å². The second-order valence-corrected chi connectivity index (χ2v) is 6.17. The molecule has 0 aromatic heterocycles. The number of rotatable bonds is 10. The van der Waals surface area contributed by atoms with Crippen molar-refractivity contribution in [1.82, 2.24) is 0 Å². The Labute approximate surface area is 169 Å². The van der Waals surface area contributed by atoms with Crippen LogP contribution in [0.25, 0.3) is 0 Å². The van der Waals surface area contributed by atoms with Crippen molar-refractivity contribution in [2.45, 2.75) is 13.8 Å². The maximum atomic E-state index is 12.4. The van der Waals surface area contributed by atoms with Crippen LogP contribution in [0.2, 0.25) is 0 Å². The van der Waals surface area contributed by atoms with Crippen molar-refractivity contribution in [3.63, 3.8) is 0 Å². The van der Waals surface area contributed by atoms with Gasteiger partial charge in [0.2, 0.25) is 5.75 Å². The number of esters is 1. The molecule has 2 aromatic carbocycles. The number of carbonyl (C=O) groups excluding carboxylic acids is 2. The van der Waals surface area contributed by atoms with Crippen LogP contribution in [0.1, 0.15) is 21.5 Å². The summed E-state index contributed by atoms with van der Waals surface area (Å²) in [5.74, 6) is 0.148. The minimum absolute atomic E-state index is 0.0666. The molecule has 2 aromatic rings. The van der Waals surface area contributed by atoms with Crippen LogP contribution in [0.3, 0.4) is 0 Å². The molecule has 0 atom stereocenters. The highest BCUT2D eigenvalue weighted by atomic mass is 16.6. The van der Waals surface area contributed by atoms with Gasteiger partial charge < -0.3 is 29.4 Å². The molecule has 0 unspecified atom stereocenters. The van der Waals surface area contributed by atoms with Gasteiger partial charge in [-0.1, -0.05) is 18.2 Å². The van der Waals surface area contributed by atoms with Crippen LogP contribution in [-0.2, 0) is 9.53 Å². The standard InChI is InChI=1S/C21H25NO7/c1-13-6-5-7-14(2)19(13)27-8-9-28-21(24)15-10-16(25-3)20(17(11-15)26-4)29-12-18(22)23/h5-7,10-11H,8-9,12H2,1-4H3,(H2,22,23). The summed E-state index contributed by atoms with van der Waals surface area (Å²) in [5.41, 5.74) is 7.33. The number of hydrogen-bond donors (Lipinski definition) is 1. The van der Waals surface area contributed by atoms with Gasteiger partial charge in [0.25, 0.3) is 5.91 Å². The van der Waals surface area contributed by atoms with Crippen LogP contribution in [0.15, 0.2) is 30.3 Å². The van der Waals surface area contributed by atoms with Gasteiger partial charge in [0.15, 0.2) is 18.1 Å². The number of hydrogen-bond acceptors (Lipinski definition) is 7. The van der Waals surface area contributed by atoms with Crippen molar-refractivity contribution < 1.29 is 33.3 Å². The number of para-hydroxylation sites is 1. The second-order valence-electron chi connectivity index (χ2n) is 6.17. The molecule has 0 saturated carbocycles. The van der Waals surface area contributed by atoms with Gasteiger partial charge in [-0.15, -0.1) is 0 Å². The molecule has 0 bridgehead atoms. The zero-order valence-corrected chi connectivity index (χ0v) is 16.9. The predicted octanol–water partition coefficient (Wildman–Crippen LogP) is 2.42. The third kappa shape index (κ3) is 5.78. The maximum Gasteiger partial charge on any atom is 0.338 e. The van der Waals surface area contributed by atoms with Crippen molar-refractivity contribution >= 4 is 11.9 Å². The summed E-state index contributed by atoms with van der Waals surface area (Å²) in [7, 11) is 2.80. The largest absolute Gasteiger partial charge is 0.493 e. The lowest BCUT2D eigenvalue weighted by Gasteiger charge is -2.15. The molecule has 0 heterocycles. The molecular formula is C21H25NO7. The summed E-state index contributed by atoms with van der Waals surface area (Å²) in [6.07, 6.45) is 0. The molecule has 0 radical (unpaired) electrons. The Kier molecular flexibility index (Phi) is 7.70. The van der Waals surface area contributed by atoms with Gasteiger partial charge in [0.1, 0.15) is 19.0 Å².